The second kappa shape index (κ2) is 14.5. The number of para-hydroxylation sites is 3. The standard InChI is InChI=1S/C34H32N6O5S2/c1-43-23-16-14-22(15-17-23)27-19-25(30-13-8-18-46-30)38-40(27)32(41)21-47-34-37-36-31(39(34)26-10-5-7-12-29(26)45-3)20-35-33(42)24-9-4-6-11-28(24)44-2/h4-18,27H,19-21H2,1-3H3,(H,35,42)/t27-/m1/s1. The number of hydrogen-bond acceptors (Lipinski definition) is 10. The lowest BCUT2D eigenvalue weighted by Crippen LogP contribution is -2.28. The van der Waals surface area contributed by atoms with Crippen LogP contribution in [0.1, 0.15) is 39.1 Å². The number of thiophene rings is 1. The van der Waals surface area contributed by atoms with Crippen LogP contribution in [0.5, 0.6) is 17.2 Å². The average molecular weight is 669 g/mol. The molecule has 0 saturated heterocycles. The largest absolute Gasteiger partial charge is 0.497 e. The Hall–Kier alpha value is -5.14. The maximum Gasteiger partial charge on any atom is 0.255 e. The molecule has 1 aliphatic heterocycles. The Morgan fingerprint density at radius 1 is 0.894 bits per heavy atom. The number of hydrogen-bond donors (Lipinski definition) is 1. The van der Waals surface area contributed by atoms with Gasteiger partial charge >= 0.3 is 0 Å². The zero-order valence-electron chi connectivity index (χ0n) is 26.0. The van der Waals surface area contributed by atoms with Crippen LogP contribution in [0.25, 0.3) is 5.69 Å². The number of thioether (sulfide) groups is 1. The normalized spacial score (nSPS) is 14.1. The van der Waals surface area contributed by atoms with Gasteiger partial charge in [0, 0.05) is 6.42 Å². The zero-order valence-corrected chi connectivity index (χ0v) is 27.6. The van der Waals surface area contributed by atoms with Crippen LogP contribution in [0.3, 0.4) is 0 Å². The van der Waals surface area contributed by atoms with Gasteiger partial charge in [-0.05, 0) is 53.4 Å². The SMILES string of the molecule is COc1ccc([C@H]2CC(c3cccs3)=NN2C(=O)CSc2nnc(CNC(=O)c3ccccc3OC)n2-c2ccccc2OC)cc1. The molecule has 1 atom stereocenters. The maximum atomic E-state index is 13.9. The van der Waals surface area contributed by atoms with E-state index in [1.165, 1.54) is 18.9 Å². The van der Waals surface area contributed by atoms with Gasteiger partial charge in [-0.1, -0.05) is 54.2 Å². The Labute approximate surface area is 280 Å². The molecule has 0 spiro atoms. The second-order valence-corrected chi connectivity index (χ2v) is 12.2. The quantitative estimate of drug-likeness (QED) is 0.167. The van der Waals surface area contributed by atoms with E-state index in [0.29, 0.717) is 40.2 Å². The molecule has 0 bridgehead atoms. The molecular weight excluding hydrogens is 637 g/mol. The Kier molecular flexibility index (Phi) is 9.83. The molecule has 1 N–H and O–H groups in total. The van der Waals surface area contributed by atoms with Crippen LogP contribution < -0.4 is 19.5 Å². The molecule has 0 unspecified atom stereocenters. The topological polar surface area (TPSA) is 120 Å². The van der Waals surface area contributed by atoms with Gasteiger partial charge in [-0.15, -0.1) is 21.5 Å². The fourth-order valence-electron chi connectivity index (χ4n) is 5.26. The van der Waals surface area contributed by atoms with E-state index in [1.807, 2.05) is 66.0 Å². The molecule has 6 rings (SSSR count). The Balaban J connectivity index is 1.26. The number of carbonyl (C=O) groups excluding carboxylic acids is 2. The van der Waals surface area contributed by atoms with Crippen molar-refractivity contribution >= 4 is 40.6 Å². The number of nitrogens with one attached hydrogen (secondary N) is 1. The van der Waals surface area contributed by atoms with Gasteiger partial charge in [-0.3, -0.25) is 14.2 Å². The minimum Gasteiger partial charge on any atom is -0.497 e. The highest BCUT2D eigenvalue weighted by Crippen LogP contribution is 2.36. The summed E-state index contributed by atoms with van der Waals surface area (Å²) in [5.74, 6) is 1.80. The van der Waals surface area contributed by atoms with Gasteiger partial charge in [-0.2, -0.15) is 5.10 Å². The summed E-state index contributed by atoms with van der Waals surface area (Å²) in [6.07, 6.45) is 0.594. The third kappa shape index (κ3) is 6.86. The highest BCUT2D eigenvalue weighted by molar-refractivity contribution is 7.99. The van der Waals surface area contributed by atoms with E-state index >= 15 is 0 Å². The van der Waals surface area contributed by atoms with Crippen molar-refractivity contribution < 1.29 is 23.8 Å². The van der Waals surface area contributed by atoms with Gasteiger partial charge in [0.15, 0.2) is 11.0 Å². The number of aromatic nitrogens is 3. The number of methoxy groups -OCH3 is 3. The van der Waals surface area contributed by atoms with E-state index in [4.69, 9.17) is 19.3 Å². The highest BCUT2D eigenvalue weighted by atomic mass is 32.2. The van der Waals surface area contributed by atoms with Crippen LogP contribution in [-0.4, -0.2) is 64.4 Å². The highest BCUT2D eigenvalue weighted by Gasteiger charge is 2.34. The third-order valence-electron chi connectivity index (χ3n) is 7.58. The predicted octanol–water partition coefficient (Wildman–Crippen LogP) is 5.75. The van der Waals surface area contributed by atoms with Gasteiger partial charge in [0.1, 0.15) is 17.2 Å². The van der Waals surface area contributed by atoms with Crippen molar-refractivity contribution in [1.29, 1.82) is 0 Å². The molecule has 0 fully saturated rings. The molecule has 240 valence electrons. The van der Waals surface area contributed by atoms with E-state index in [9.17, 15) is 9.59 Å². The molecular formula is C34H32N6O5S2. The lowest BCUT2D eigenvalue weighted by molar-refractivity contribution is -0.130. The summed E-state index contributed by atoms with van der Waals surface area (Å²) in [4.78, 5) is 28.0. The minimum atomic E-state index is -0.320. The van der Waals surface area contributed by atoms with Crippen LogP contribution in [0.2, 0.25) is 0 Å². The number of benzene rings is 3. The molecule has 47 heavy (non-hydrogen) atoms. The van der Waals surface area contributed by atoms with Crippen molar-refractivity contribution in [3.8, 4) is 22.9 Å². The van der Waals surface area contributed by atoms with E-state index in [-0.39, 0.29) is 30.2 Å². The summed E-state index contributed by atoms with van der Waals surface area (Å²) in [7, 11) is 4.72. The van der Waals surface area contributed by atoms with Crippen molar-refractivity contribution in [2.45, 2.75) is 24.2 Å². The molecule has 2 amide bonds. The first-order chi connectivity index (χ1) is 23.0. The van der Waals surface area contributed by atoms with Crippen LogP contribution in [0, 0.1) is 0 Å². The lowest BCUT2D eigenvalue weighted by atomic mass is 10.0. The van der Waals surface area contributed by atoms with E-state index in [1.54, 1.807) is 59.4 Å². The van der Waals surface area contributed by atoms with Gasteiger partial charge in [0.2, 0.25) is 0 Å². The molecule has 2 aromatic heterocycles. The molecule has 0 radical (unpaired) electrons. The van der Waals surface area contributed by atoms with Crippen LogP contribution in [0.4, 0.5) is 0 Å². The summed E-state index contributed by atoms with van der Waals surface area (Å²) in [6.45, 7) is 0.0660. The van der Waals surface area contributed by atoms with E-state index in [2.05, 4.69) is 15.5 Å². The number of nitrogens with zero attached hydrogens (tertiary/aromatic N) is 5. The summed E-state index contributed by atoms with van der Waals surface area (Å²) in [5, 5.41) is 20.6. The van der Waals surface area contributed by atoms with Gasteiger partial charge in [-0.25, -0.2) is 5.01 Å². The van der Waals surface area contributed by atoms with Crippen molar-refractivity contribution in [3.05, 3.63) is 112 Å². The Bertz CT molecular complexity index is 1890. The second-order valence-electron chi connectivity index (χ2n) is 10.3. The molecule has 0 saturated carbocycles. The summed E-state index contributed by atoms with van der Waals surface area (Å²) < 4.78 is 18.1. The van der Waals surface area contributed by atoms with Gasteiger partial charge in [0.05, 0.1) is 61.5 Å². The molecule has 0 aliphatic carbocycles. The number of rotatable bonds is 12. The summed E-state index contributed by atoms with van der Waals surface area (Å²) in [5.41, 5.74) is 2.90. The molecule has 3 aromatic carbocycles. The number of hydrazone groups is 1. The Morgan fingerprint density at radius 3 is 2.36 bits per heavy atom. The first kappa shape index (κ1) is 31.8. The van der Waals surface area contributed by atoms with Crippen molar-refractivity contribution in [1.82, 2.24) is 25.1 Å². The van der Waals surface area contributed by atoms with Crippen molar-refractivity contribution in [2.24, 2.45) is 5.10 Å². The fraction of sp³-hybridized carbons (Fsp3) is 0.206. The molecule has 3 heterocycles. The molecule has 1 aliphatic rings. The maximum absolute atomic E-state index is 13.9. The van der Waals surface area contributed by atoms with Crippen molar-refractivity contribution in [2.75, 3.05) is 27.1 Å². The van der Waals surface area contributed by atoms with E-state index < -0.39 is 0 Å². The summed E-state index contributed by atoms with van der Waals surface area (Å²) >= 11 is 2.83. The Morgan fingerprint density at radius 2 is 1.64 bits per heavy atom. The first-order valence-electron chi connectivity index (χ1n) is 14.7. The molecule has 13 heteroatoms. The summed E-state index contributed by atoms with van der Waals surface area (Å²) in [6, 6.07) is 25.9. The number of ether oxygens (including phenoxy) is 3. The van der Waals surface area contributed by atoms with Gasteiger partial charge < -0.3 is 19.5 Å². The predicted molar refractivity (Wildman–Crippen MR) is 181 cm³/mol. The number of amides is 2. The average Bonchev–Trinajstić information content (AvgIpc) is 3.90. The van der Waals surface area contributed by atoms with Crippen LogP contribution in [0.15, 0.2) is 101 Å². The zero-order chi connectivity index (χ0) is 32.8. The lowest BCUT2D eigenvalue weighted by Gasteiger charge is -2.22. The van der Waals surface area contributed by atoms with Gasteiger partial charge in [0.25, 0.3) is 11.8 Å². The van der Waals surface area contributed by atoms with E-state index in [0.717, 1.165) is 21.9 Å². The molecule has 11 nitrogen and oxygen atoms in total. The number of carbonyl (C=O) groups is 2. The third-order valence-corrected chi connectivity index (χ3v) is 9.41. The smallest absolute Gasteiger partial charge is 0.255 e. The van der Waals surface area contributed by atoms with Crippen LogP contribution in [-0.2, 0) is 11.3 Å². The minimum absolute atomic E-state index is 0.0503. The molecule has 5 aromatic rings. The monoisotopic (exact) mass is 668 g/mol. The van der Waals surface area contributed by atoms with Crippen molar-refractivity contribution in [3.63, 3.8) is 0 Å². The fourth-order valence-corrected chi connectivity index (χ4v) is 6.80. The van der Waals surface area contributed by atoms with Crippen LogP contribution >= 0.6 is 23.1 Å². The first-order valence-corrected chi connectivity index (χ1v) is 16.6.